The van der Waals surface area contributed by atoms with Crippen molar-refractivity contribution >= 4 is 0 Å². The van der Waals surface area contributed by atoms with E-state index in [4.69, 9.17) is 5.11 Å². The average Bonchev–Trinajstić information content (AvgIpc) is 1.41. The summed E-state index contributed by atoms with van der Waals surface area (Å²) >= 11 is 1.49. The van der Waals surface area contributed by atoms with Crippen LogP contribution < -0.4 is 0 Å². The van der Waals surface area contributed by atoms with Crippen molar-refractivity contribution in [3.63, 3.8) is 0 Å². The molecule has 0 aliphatic heterocycles. The van der Waals surface area contributed by atoms with Crippen LogP contribution >= 0.6 is 0 Å². The maximum absolute atomic E-state index is 7.94. The van der Waals surface area contributed by atoms with Gasteiger partial charge in [0.25, 0.3) is 0 Å². The van der Waals surface area contributed by atoms with Crippen molar-refractivity contribution in [3.05, 3.63) is 0 Å². The molecule has 0 unspecified atom stereocenters. The minimum atomic E-state index is 0.124. The molecule has 0 saturated carbocycles. The van der Waals surface area contributed by atoms with Crippen LogP contribution in [-0.4, -0.2) is 18.3 Å². The van der Waals surface area contributed by atoms with Gasteiger partial charge in [-0.15, -0.1) is 0 Å². The van der Waals surface area contributed by atoms with E-state index in [1.165, 1.54) is 20.2 Å². The van der Waals surface area contributed by atoms with Gasteiger partial charge in [0.15, 0.2) is 0 Å². The normalized spacial score (nSPS) is 8.20. The molecule has 2 nitrogen and oxygen atoms in total. The molecular formula is C2H5MoO2. The van der Waals surface area contributed by atoms with Crippen molar-refractivity contribution in [3.8, 4) is 0 Å². The van der Waals surface area contributed by atoms with Gasteiger partial charge in [-0.3, -0.25) is 0 Å². The Morgan fingerprint density at radius 1 is 1.80 bits per heavy atom. The van der Waals surface area contributed by atoms with Gasteiger partial charge in [-0.25, -0.2) is 0 Å². The molecule has 31 valence electrons. The third-order valence-electron chi connectivity index (χ3n) is 0.175. The van der Waals surface area contributed by atoms with Crippen molar-refractivity contribution < 1.29 is 28.7 Å². The molecule has 0 aliphatic rings. The van der Waals surface area contributed by atoms with E-state index in [1.807, 2.05) is 0 Å². The number of aliphatic hydroxyl groups is 1. The van der Waals surface area contributed by atoms with Gasteiger partial charge in [0.05, 0.1) is 0 Å². The van der Waals surface area contributed by atoms with Crippen LogP contribution in [0, 0.1) is 0 Å². The molecule has 0 spiro atoms. The van der Waals surface area contributed by atoms with Crippen molar-refractivity contribution in [1.82, 2.24) is 0 Å². The molecule has 1 N–H and O–H groups in total. The zero-order valence-electron chi connectivity index (χ0n) is 2.68. The van der Waals surface area contributed by atoms with E-state index in [0.717, 1.165) is 0 Å². The summed E-state index contributed by atoms with van der Waals surface area (Å²) in [4.78, 5) is 0. The molecule has 0 aliphatic carbocycles. The Balaban J connectivity index is 2.19. The molecule has 3 heteroatoms. The quantitative estimate of drug-likeness (QED) is 0.545. The Hall–Kier alpha value is 0.608. The topological polar surface area (TPSA) is 29.5 Å². The number of aliphatic hydroxyl groups excluding tert-OH is 1. The van der Waals surface area contributed by atoms with Crippen LogP contribution in [0.1, 0.15) is 0 Å². The second kappa shape index (κ2) is 4.61. The third kappa shape index (κ3) is 4.61. The summed E-state index contributed by atoms with van der Waals surface area (Å²) in [6, 6.07) is 0. The molecule has 0 radical (unpaired) electrons. The molecular weight excluding hydrogens is 152 g/mol. The van der Waals surface area contributed by atoms with Crippen LogP contribution in [0.5, 0.6) is 0 Å². The van der Waals surface area contributed by atoms with E-state index >= 15 is 0 Å². The van der Waals surface area contributed by atoms with E-state index in [-0.39, 0.29) is 6.61 Å². The number of hydrogen-bond donors (Lipinski definition) is 1. The molecule has 0 atom stereocenters. The van der Waals surface area contributed by atoms with E-state index in [2.05, 4.69) is 3.39 Å². The van der Waals surface area contributed by atoms with Gasteiger partial charge < -0.3 is 0 Å². The van der Waals surface area contributed by atoms with Crippen molar-refractivity contribution in [2.45, 2.75) is 0 Å². The second-order valence-corrected chi connectivity index (χ2v) is 1.12. The van der Waals surface area contributed by atoms with Gasteiger partial charge >= 0.3 is 41.9 Å². The van der Waals surface area contributed by atoms with Crippen LogP contribution in [0.4, 0.5) is 0 Å². The Labute approximate surface area is 42.5 Å². The summed E-state index contributed by atoms with van der Waals surface area (Å²) in [5, 5.41) is 7.94. The first-order valence-electron chi connectivity index (χ1n) is 1.27. The van der Waals surface area contributed by atoms with Crippen molar-refractivity contribution in [2.75, 3.05) is 13.2 Å². The van der Waals surface area contributed by atoms with Crippen LogP contribution in [0.15, 0.2) is 0 Å². The first kappa shape index (κ1) is 5.61. The molecule has 0 amide bonds. The summed E-state index contributed by atoms with van der Waals surface area (Å²) < 4.78 is 4.45. The van der Waals surface area contributed by atoms with E-state index in [9.17, 15) is 0 Å². The molecule has 5 heavy (non-hydrogen) atoms. The first-order valence-corrected chi connectivity index (χ1v) is 2.09. The summed E-state index contributed by atoms with van der Waals surface area (Å²) in [5.41, 5.74) is 0. The summed E-state index contributed by atoms with van der Waals surface area (Å²) in [5.74, 6) is 0. The summed E-state index contributed by atoms with van der Waals surface area (Å²) in [7, 11) is 0. The second-order valence-electron chi connectivity index (χ2n) is 0.546. The standard InChI is InChI=1S/C2H5O2.Mo/c3-1-2-4;/h3H,1-2H2;/q-1;+1. The Kier molecular flexibility index (Phi) is 5.17. The van der Waals surface area contributed by atoms with Gasteiger partial charge in [-0.05, 0) is 0 Å². The van der Waals surface area contributed by atoms with Crippen molar-refractivity contribution in [1.29, 1.82) is 0 Å². The number of hydrogen-bond acceptors (Lipinski definition) is 2. The fourth-order valence-corrected chi connectivity index (χ4v) is 0.220. The van der Waals surface area contributed by atoms with Gasteiger partial charge in [-0.1, -0.05) is 0 Å². The minimum absolute atomic E-state index is 0.124. The molecule has 0 heterocycles. The van der Waals surface area contributed by atoms with Gasteiger partial charge in [0.1, 0.15) is 0 Å². The fraction of sp³-hybridized carbons (Fsp3) is 1.00. The predicted molar refractivity (Wildman–Crippen MR) is 13.0 cm³/mol. The molecule has 0 aromatic carbocycles. The Morgan fingerprint density at radius 2 is 2.40 bits per heavy atom. The fourth-order valence-electron chi connectivity index (χ4n) is 0.0373. The molecule has 0 aromatic heterocycles. The number of rotatable bonds is 2. The Morgan fingerprint density at radius 3 is 2.40 bits per heavy atom. The molecule has 0 saturated heterocycles. The third-order valence-corrected chi connectivity index (χ3v) is 0.584. The molecule has 0 fully saturated rings. The summed E-state index contributed by atoms with van der Waals surface area (Å²) in [6.45, 7) is 0.573. The summed E-state index contributed by atoms with van der Waals surface area (Å²) in [6.07, 6.45) is 0. The molecule has 0 aromatic rings. The van der Waals surface area contributed by atoms with Crippen LogP contribution in [0.3, 0.4) is 0 Å². The van der Waals surface area contributed by atoms with E-state index < -0.39 is 0 Å². The van der Waals surface area contributed by atoms with E-state index in [1.54, 1.807) is 0 Å². The Bertz CT molecular complexity index is 15.1. The van der Waals surface area contributed by atoms with Gasteiger partial charge in [0.2, 0.25) is 0 Å². The first-order chi connectivity index (χ1) is 2.41. The zero-order chi connectivity index (χ0) is 4.12. The van der Waals surface area contributed by atoms with E-state index in [0.29, 0.717) is 6.61 Å². The average molecular weight is 157 g/mol. The van der Waals surface area contributed by atoms with Gasteiger partial charge in [0, 0.05) is 0 Å². The predicted octanol–water partition coefficient (Wildman–Crippen LogP) is -0.543. The van der Waals surface area contributed by atoms with Gasteiger partial charge in [-0.2, -0.15) is 0 Å². The van der Waals surface area contributed by atoms with Crippen LogP contribution in [0.25, 0.3) is 0 Å². The van der Waals surface area contributed by atoms with Crippen LogP contribution in [-0.2, 0) is 23.6 Å². The maximum atomic E-state index is 7.94. The SMILES string of the molecule is OCC[O][Mo]. The van der Waals surface area contributed by atoms with Crippen molar-refractivity contribution in [2.24, 2.45) is 0 Å². The van der Waals surface area contributed by atoms with Crippen LogP contribution in [0.2, 0.25) is 0 Å². The monoisotopic (exact) mass is 159 g/mol. The zero-order valence-corrected chi connectivity index (χ0v) is 4.68. The molecule has 0 rings (SSSR count). The molecule has 0 bridgehead atoms.